The summed E-state index contributed by atoms with van der Waals surface area (Å²) in [7, 11) is 0. The Balaban J connectivity index is 1.80. The molecule has 0 aliphatic heterocycles. The number of amides is 2. The number of halogens is 15. The van der Waals surface area contributed by atoms with Crippen LogP contribution >= 0.6 is 47.8 Å². The van der Waals surface area contributed by atoms with Crippen molar-refractivity contribution in [2.75, 3.05) is 10.4 Å². The van der Waals surface area contributed by atoms with Gasteiger partial charge in [0.1, 0.15) is 11.5 Å². The van der Waals surface area contributed by atoms with Gasteiger partial charge in [0.15, 0.2) is 5.82 Å². The average Bonchev–Trinajstić information content (AvgIpc) is 3.56. The van der Waals surface area contributed by atoms with Gasteiger partial charge in [0.25, 0.3) is 11.8 Å². The van der Waals surface area contributed by atoms with Gasteiger partial charge in [-0.15, -0.1) is 5.06 Å². The van der Waals surface area contributed by atoms with Gasteiger partial charge in [0.2, 0.25) is 0 Å². The van der Waals surface area contributed by atoms with Crippen molar-refractivity contribution in [3.05, 3.63) is 102 Å². The van der Waals surface area contributed by atoms with E-state index in [4.69, 9.17) is 4.84 Å². The highest BCUT2D eigenvalue weighted by molar-refractivity contribution is 9.28. The SMILES string of the molecule is CC1(C)C(C=C(Br)Br)C1C(=O)ON(C(=O)c1ccc(F)cc1)c1cccc(C(=O)Nc2c(Br)cc(C(F)(C(F)(F)F)C(F)(F)F)cc2C(F)(F)F)c1F. The molecule has 0 heterocycles. The Morgan fingerprint density at radius 2 is 1.43 bits per heavy atom. The van der Waals surface area contributed by atoms with Crippen LogP contribution < -0.4 is 10.4 Å². The molecule has 1 aliphatic carbocycles. The first-order chi connectivity index (χ1) is 24.1. The van der Waals surface area contributed by atoms with Crippen LogP contribution in [0.25, 0.3) is 0 Å². The summed E-state index contributed by atoms with van der Waals surface area (Å²) in [6.07, 6.45) is -17.8. The smallest absolute Gasteiger partial charge is 0.332 e. The molecular weight excluding hydrogens is 944 g/mol. The first kappa shape index (κ1) is 42.2. The number of hydroxylamine groups is 1. The van der Waals surface area contributed by atoms with E-state index in [0.717, 1.165) is 36.4 Å². The summed E-state index contributed by atoms with van der Waals surface area (Å²) in [5, 5.41) is 1.65. The van der Waals surface area contributed by atoms with Crippen LogP contribution in [-0.2, 0) is 21.5 Å². The fourth-order valence-corrected chi connectivity index (χ4v) is 6.44. The lowest BCUT2D eigenvalue weighted by Gasteiger charge is -2.31. The lowest BCUT2D eigenvalue weighted by Crippen LogP contribution is -2.50. The van der Waals surface area contributed by atoms with Crippen LogP contribution in [0.5, 0.6) is 0 Å². The Kier molecular flexibility index (Phi) is 11.6. The number of hydrogen-bond donors (Lipinski definition) is 1. The topological polar surface area (TPSA) is 75.7 Å². The zero-order valence-electron chi connectivity index (χ0n) is 26.2. The van der Waals surface area contributed by atoms with Gasteiger partial charge in [0, 0.05) is 15.6 Å². The van der Waals surface area contributed by atoms with E-state index in [9.17, 15) is 62.7 Å². The van der Waals surface area contributed by atoms with Gasteiger partial charge >= 0.3 is 30.2 Å². The fraction of sp³-hybridized carbons (Fsp3) is 0.281. The van der Waals surface area contributed by atoms with Crippen LogP contribution in [0.4, 0.5) is 64.1 Å². The van der Waals surface area contributed by atoms with Crippen LogP contribution in [0, 0.1) is 28.9 Å². The van der Waals surface area contributed by atoms with E-state index in [1.807, 2.05) is 0 Å². The summed E-state index contributed by atoms with van der Waals surface area (Å²) < 4.78 is 166. The lowest BCUT2D eigenvalue weighted by molar-refractivity contribution is -0.348. The molecule has 0 saturated heterocycles. The summed E-state index contributed by atoms with van der Waals surface area (Å²) in [4.78, 5) is 45.4. The largest absolute Gasteiger partial charge is 0.435 e. The van der Waals surface area contributed by atoms with Crippen molar-refractivity contribution in [2.45, 2.75) is 38.0 Å². The summed E-state index contributed by atoms with van der Waals surface area (Å²) in [5.74, 6) is -8.10. The molecule has 0 radical (unpaired) electrons. The standard InChI is InChI=1S/C32H19Br3F12N2O4/c1-28(2)17(12-21(34)35)22(28)27(52)53-49(26(51)13-6-8-15(36)9-7-13)20-5-3-4-16(23(20)37)25(50)48-24-18(30(39,40)41)10-14(11-19(24)33)29(38,31(42,43)44)32(45,46)47/h3-12,17,22H,1-2H3,(H,48,50). The van der Waals surface area contributed by atoms with Crippen LogP contribution in [0.2, 0.25) is 0 Å². The van der Waals surface area contributed by atoms with Gasteiger partial charge in [-0.1, -0.05) is 26.0 Å². The first-order valence-electron chi connectivity index (χ1n) is 14.3. The second-order valence-corrected chi connectivity index (χ2v) is 15.6. The molecular formula is C32H19Br3F12N2O4. The molecule has 2 amide bonds. The van der Waals surface area contributed by atoms with Gasteiger partial charge in [-0.25, -0.2) is 18.0 Å². The highest BCUT2D eigenvalue weighted by Crippen LogP contribution is 2.60. The van der Waals surface area contributed by atoms with E-state index in [1.165, 1.54) is 5.32 Å². The quantitative estimate of drug-likeness (QED) is 0.189. The lowest BCUT2D eigenvalue weighted by atomic mass is 9.92. The molecule has 0 aromatic heterocycles. The van der Waals surface area contributed by atoms with Crippen molar-refractivity contribution in [1.82, 2.24) is 0 Å². The Bertz CT molecular complexity index is 1960. The van der Waals surface area contributed by atoms with Gasteiger partial charge in [-0.2, -0.15) is 39.5 Å². The fourth-order valence-electron chi connectivity index (χ4n) is 5.31. The van der Waals surface area contributed by atoms with Crippen molar-refractivity contribution >= 4 is 76.9 Å². The first-order valence-corrected chi connectivity index (χ1v) is 16.7. The van der Waals surface area contributed by atoms with Gasteiger partial charge in [0.05, 0.1) is 26.1 Å². The number of hydrogen-bond acceptors (Lipinski definition) is 4. The number of rotatable bonds is 7. The number of benzene rings is 3. The highest BCUT2D eigenvalue weighted by Gasteiger charge is 2.74. The second kappa shape index (κ2) is 14.6. The third-order valence-electron chi connectivity index (χ3n) is 8.18. The molecule has 0 spiro atoms. The molecule has 2 unspecified atom stereocenters. The number of nitrogens with one attached hydrogen (secondary N) is 1. The van der Waals surface area contributed by atoms with E-state index < -0.39 is 109 Å². The summed E-state index contributed by atoms with van der Waals surface area (Å²) in [6.45, 7) is 3.33. The van der Waals surface area contributed by atoms with Crippen molar-refractivity contribution in [2.24, 2.45) is 17.3 Å². The minimum absolute atomic E-state index is 0.112. The number of carbonyl (C=O) groups is 3. The maximum Gasteiger partial charge on any atom is 0.435 e. The van der Waals surface area contributed by atoms with Gasteiger partial charge < -0.3 is 10.2 Å². The molecule has 0 bridgehead atoms. The summed E-state index contributed by atoms with van der Waals surface area (Å²) >= 11 is 8.67. The minimum Gasteiger partial charge on any atom is -0.332 e. The molecule has 6 nitrogen and oxygen atoms in total. The summed E-state index contributed by atoms with van der Waals surface area (Å²) in [5.41, 5.74) is -16.0. The van der Waals surface area contributed by atoms with Gasteiger partial charge in [-0.05, 0) is 108 Å². The second-order valence-electron chi connectivity index (χ2n) is 11.9. The Hall–Kier alpha value is -3.59. The van der Waals surface area contributed by atoms with Crippen LogP contribution in [0.1, 0.15) is 45.7 Å². The summed E-state index contributed by atoms with van der Waals surface area (Å²) in [6, 6.07) is 4.79. The van der Waals surface area contributed by atoms with E-state index in [2.05, 4.69) is 47.8 Å². The minimum atomic E-state index is -6.79. The molecule has 53 heavy (non-hydrogen) atoms. The molecule has 1 aliphatic rings. The maximum absolute atomic E-state index is 16.1. The molecule has 21 heteroatoms. The van der Waals surface area contributed by atoms with Crippen molar-refractivity contribution in [3.63, 3.8) is 0 Å². The number of allylic oxidation sites excluding steroid dienone is 1. The van der Waals surface area contributed by atoms with Crippen molar-refractivity contribution in [1.29, 1.82) is 0 Å². The Labute approximate surface area is 315 Å². The van der Waals surface area contributed by atoms with E-state index in [0.29, 0.717) is 9.46 Å². The Morgan fingerprint density at radius 1 is 0.868 bits per heavy atom. The molecule has 2 atom stereocenters. The number of alkyl halides is 10. The molecule has 3 aromatic rings. The number of carbonyl (C=O) groups excluding carboxylic acids is 3. The third-order valence-corrected chi connectivity index (χ3v) is 9.34. The van der Waals surface area contributed by atoms with E-state index in [-0.39, 0.29) is 16.7 Å². The Morgan fingerprint density at radius 3 is 1.94 bits per heavy atom. The van der Waals surface area contributed by atoms with Crippen LogP contribution in [0.3, 0.4) is 0 Å². The van der Waals surface area contributed by atoms with Crippen LogP contribution in [0.15, 0.2) is 68.5 Å². The molecule has 3 aromatic carbocycles. The average molecular weight is 963 g/mol. The molecule has 1 saturated carbocycles. The third kappa shape index (κ3) is 8.25. The molecule has 286 valence electrons. The number of nitrogens with zero attached hydrogens (tertiary/aromatic N) is 1. The number of anilines is 2. The molecule has 1 fully saturated rings. The highest BCUT2D eigenvalue weighted by atomic mass is 79.9. The van der Waals surface area contributed by atoms with Crippen molar-refractivity contribution < 1.29 is 71.9 Å². The van der Waals surface area contributed by atoms with Crippen LogP contribution in [-0.4, -0.2) is 30.1 Å². The maximum atomic E-state index is 16.1. The molecule has 1 N–H and O–H groups in total. The zero-order valence-corrected chi connectivity index (χ0v) is 30.9. The van der Waals surface area contributed by atoms with Crippen molar-refractivity contribution in [3.8, 4) is 0 Å². The molecule has 4 rings (SSSR count). The predicted molar refractivity (Wildman–Crippen MR) is 174 cm³/mol. The van der Waals surface area contributed by atoms with Gasteiger partial charge in [-0.3, -0.25) is 9.59 Å². The zero-order chi connectivity index (χ0) is 40.2. The van der Waals surface area contributed by atoms with E-state index in [1.54, 1.807) is 19.9 Å². The predicted octanol–water partition coefficient (Wildman–Crippen LogP) is 11.3. The monoisotopic (exact) mass is 960 g/mol. The normalized spacial score (nSPS) is 17.2. The van der Waals surface area contributed by atoms with E-state index >= 15 is 4.39 Å².